The summed E-state index contributed by atoms with van der Waals surface area (Å²) in [5.41, 5.74) is 0.595. The number of ether oxygens (including phenoxy) is 1. The van der Waals surface area contributed by atoms with Crippen LogP contribution in [-0.2, 0) is 14.8 Å². The number of carbonyl (C=O) groups excluding carboxylic acids is 1. The second-order valence-corrected chi connectivity index (χ2v) is 9.17. The Morgan fingerprint density at radius 1 is 1.13 bits per heavy atom. The molecular weight excluding hydrogens is 422 g/mol. The van der Waals surface area contributed by atoms with Gasteiger partial charge in [0, 0.05) is 13.1 Å². The highest BCUT2D eigenvalue weighted by atomic mass is 32.2. The molecule has 0 bridgehead atoms. The fraction of sp³-hybridized carbons (Fsp3) is 0.143. The SMILES string of the molecule is C=CCN(CC=C)S(=O)(=O)c1ccc2nc(NC(=O)COc3ccccc3)sc2c1. The summed E-state index contributed by atoms with van der Waals surface area (Å²) < 4.78 is 33.1. The molecule has 3 rings (SSSR count). The van der Waals surface area contributed by atoms with Crippen molar-refractivity contribution >= 4 is 42.6 Å². The average molecular weight is 444 g/mol. The van der Waals surface area contributed by atoms with Gasteiger partial charge >= 0.3 is 0 Å². The summed E-state index contributed by atoms with van der Waals surface area (Å²) in [7, 11) is -3.71. The summed E-state index contributed by atoms with van der Waals surface area (Å²) >= 11 is 1.19. The second kappa shape index (κ2) is 9.66. The lowest BCUT2D eigenvalue weighted by molar-refractivity contribution is -0.118. The summed E-state index contributed by atoms with van der Waals surface area (Å²) in [6.45, 7) is 7.41. The Labute approximate surface area is 179 Å². The summed E-state index contributed by atoms with van der Waals surface area (Å²) in [5.74, 6) is 0.240. The van der Waals surface area contributed by atoms with Crippen molar-refractivity contribution in [3.63, 3.8) is 0 Å². The fourth-order valence-corrected chi connectivity index (χ4v) is 5.05. The van der Waals surface area contributed by atoms with Crippen molar-refractivity contribution in [3.05, 3.63) is 73.8 Å². The van der Waals surface area contributed by atoms with Crippen molar-refractivity contribution in [2.24, 2.45) is 0 Å². The van der Waals surface area contributed by atoms with E-state index in [1.807, 2.05) is 18.2 Å². The maximum absolute atomic E-state index is 12.9. The Bertz CT molecular complexity index is 1150. The zero-order valence-electron chi connectivity index (χ0n) is 16.2. The van der Waals surface area contributed by atoms with Gasteiger partial charge in [-0.1, -0.05) is 41.7 Å². The highest BCUT2D eigenvalue weighted by molar-refractivity contribution is 7.89. The molecule has 9 heteroatoms. The molecule has 0 aliphatic carbocycles. The van der Waals surface area contributed by atoms with E-state index in [2.05, 4.69) is 23.5 Å². The predicted molar refractivity (Wildman–Crippen MR) is 119 cm³/mol. The highest BCUT2D eigenvalue weighted by Gasteiger charge is 2.23. The molecule has 0 unspecified atom stereocenters. The van der Waals surface area contributed by atoms with Crippen molar-refractivity contribution in [1.29, 1.82) is 0 Å². The first-order chi connectivity index (χ1) is 14.4. The van der Waals surface area contributed by atoms with E-state index in [4.69, 9.17) is 4.74 Å². The van der Waals surface area contributed by atoms with Gasteiger partial charge in [0.1, 0.15) is 5.75 Å². The van der Waals surface area contributed by atoms with Gasteiger partial charge in [-0.3, -0.25) is 10.1 Å². The molecular formula is C21H21N3O4S2. The zero-order chi connectivity index (χ0) is 21.6. The molecule has 2 aromatic carbocycles. The van der Waals surface area contributed by atoms with E-state index in [-0.39, 0.29) is 30.5 Å². The number of nitrogens with zero attached hydrogens (tertiary/aromatic N) is 2. The first-order valence-electron chi connectivity index (χ1n) is 9.04. The Kier molecular flexibility index (Phi) is 6.99. The van der Waals surface area contributed by atoms with Crippen molar-refractivity contribution < 1.29 is 17.9 Å². The molecule has 0 saturated heterocycles. The summed E-state index contributed by atoms with van der Waals surface area (Å²) in [4.78, 5) is 16.6. The van der Waals surface area contributed by atoms with Crippen molar-refractivity contribution in [2.45, 2.75) is 4.90 Å². The number of thiazole rings is 1. The molecule has 0 spiro atoms. The van der Waals surface area contributed by atoms with Gasteiger partial charge < -0.3 is 4.74 Å². The van der Waals surface area contributed by atoms with Crippen LogP contribution in [0.2, 0.25) is 0 Å². The lowest BCUT2D eigenvalue weighted by atomic mass is 10.3. The third-order valence-corrected chi connectivity index (χ3v) is 6.78. The summed E-state index contributed by atoms with van der Waals surface area (Å²) in [6, 6.07) is 13.7. The minimum atomic E-state index is -3.71. The quantitative estimate of drug-likeness (QED) is 0.483. The van der Waals surface area contributed by atoms with E-state index >= 15 is 0 Å². The molecule has 0 aliphatic heterocycles. The number of anilines is 1. The van der Waals surface area contributed by atoms with Crippen LogP contribution in [0.25, 0.3) is 10.2 Å². The van der Waals surface area contributed by atoms with Crippen LogP contribution in [0.3, 0.4) is 0 Å². The van der Waals surface area contributed by atoms with Crippen LogP contribution < -0.4 is 10.1 Å². The number of sulfonamides is 1. The molecule has 3 aromatic rings. The zero-order valence-corrected chi connectivity index (χ0v) is 17.8. The lowest BCUT2D eigenvalue weighted by Gasteiger charge is -2.18. The smallest absolute Gasteiger partial charge is 0.264 e. The Morgan fingerprint density at radius 3 is 2.50 bits per heavy atom. The highest BCUT2D eigenvalue weighted by Crippen LogP contribution is 2.29. The van der Waals surface area contributed by atoms with Crippen molar-refractivity contribution in [1.82, 2.24) is 9.29 Å². The number of benzene rings is 2. The third-order valence-electron chi connectivity index (χ3n) is 4.02. The number of aromatic nitrogens is 1. The molecule has 0 atom stereocenters. The molecule has 1 amide bonds. The van der Waals surface area contributed by atoms with E-state index in [9.17, 15) is 13.2 Å². The van der Waals surface area contributed by atoms with Gasteiger partial charge in [0.05, 0.1) is 15.1 Å². The molecule has 1 N–H and O–H groups in total. The minimum absolute atomic E-state index is 0.146. The predicted octanol–water partition coefficient (Wildman–Crippen LogP) is 3.68. The van der Waals surface area contributed by atoms with Gasteiger partial charge in [0.2, 0.25) is 10.0 Å². The molecule has 7 nitrogen and oxygen atoms in total. The van der Waals surface area contributed by atoms with Gasteiger partial charge in [-0.05, 0) is 30.3 Å². The average Bonchev–Trinajstić information content (AvgIpc) is 3.14. The van der Waals surface area contributed by atoms with Gasteiger partial charge in [0.15, 0.2) is 11.7 Å². The molecule has 1 heterocycles. The third kappa shape index (κ3) is 5.12. The first kappa shape index (κ1) is 21.7. The van der Waals surface area contributed by atoms with Crippen LogP contribution in [0.15, 0.2) is 78.7 Å². The van der Waals surface area contributed by atoms with E-state index < -0.39 is 10.0 Å². The molecule has 0 radical (unpaired) electrons. The number of carbonyl (C=O) groups is 1. The van der Waals surface area contributed by atoms with Crippen LogP contribution in [0.4, 0.5) is 5.13 Å². The van der Waals surface area contributed by atoms with Crippen LogP contribution in [-0.4, -0.2) is 43.3 Å². The number of nitrogens with one attached hydrogen (secondary N) is 1. The van der Waals surface area contributed by atoms with Crippen molar-refractivity contribution in [3.8, 4) is 5.75 Å². The number of fused-ring (bicyclic) bond motifs is 1. The maximum atomic E-state index is 12.9. The summed E-state index contributed by atoms with van der Waals surface area (Å²) in [6.07, 6.45) is 3.05. The second-order valence-electron chi connectivity index (χ2n) is 6.20. The number of hydrogen-bond acceptors (Lipinski definition) is 6. The van der Waals surface area contributed by atoms with Crippen LogP contribution >= 0.6 is 11.3 Å². The monoisotopic (exact) mass is 443 g/mol. The Morgan fingerprint density at radius 2 is 1.83 bits per heavy atom. The minimum Gasteiger partial charge on any atom is -0.484 e. The molecule has 30 heavy (non-hydrogen) atoms. The van der Waals surface area contributed by atoms with Crippen LogP contribution in [0, 0.1) is 0 Å². The number of rotatable bonds is 10. The van der Waals surface area contributed by atoms with Crippen LogP contribution in [0.5, 0.6) is 5.75 Å². The normalized spacial score (nSPS) is 11.4. The molecule has 1 aromatic heterocycles. The van der Waals surface area contributed by atoms with E-state index in [0.29, 0.717) is 21.1 Å². The van der Waals surface area contributed by atoms with Crippen molar-refractivity contribution in [2.75, 3.05) is 25.0 Å². The standard InChI is InChI=1S/C21H21N3O4S2/c1-3-12-24(13-4-2)30(26,27)17-10-11-18-19(14-17)29-21(22-18)23-20(25)15-28-16-8-6-5-7-9-16/h3-11,14H,1-2,12-13,15H2,(H,22,23,25). The molecule has 156 valence electrons. The van der Waals surface area contributed by atoms with Gasteiger partial charge in [0.25, 0.3) is 5.91 Å². The fourth-order valence-electron chi connectivity index (χ4n) is 2.65. The Hall–Kier alpha value is -3.01. The largest absolute Gasteiger partial charge is 0.484 e. The number of para-hydroxylation sites is 1. The van der Waals surface area contributed by atoms with Gasteiger partial charge in [-0.25, -0.2) is 13.4 Å². The maximum Gasteiger partial charge on any atom is 0.264 e. The van der Waals surface area contributed by atoms with Gasteiger partial charge in [-0.2, -0.15) is 4.31 Å². The van der Waals surface area contributed by atoms with Crippen LogP contribution in [0.1, 0.15) is 0 Å². The van der Waals surface area contributed by atoms with E-state index in [1.165, 1.54) is 33.9 Å². The molecule has 0 fully saturated rings. The van der Waals surface area contributed by atoms with E-state index in [0.717, 1.165) is 0 Å². The topological polar surface area (TPSA) is 88.6 Å². The first-order valence-corrected chi connectivity index (χ1v) is 11.3. The summed E-state index contributed by atoms with van der Waals surface area (Å²) in [5, 5.41) is 3.05. The molecule has 0 aliphatic rings. The Balaban J connectivity index is 1.74. The molecule has 0 saturated carbocycles. The number of amides is 1. The van der Waals surface area contributed by atoms with E-state index in [1.54, 1.807) is 24.3 Å². The van der Waals surface area contributed by atoms with Gasteiger partial charge in [-0.15, -0.1) is 13.2 Å². The number of hydrogen-bond donors (Lipinski definition) is 1. The lowest BCUT2D eigenvalue weighted by Crippen LogP contribution is -2.31.